The fourth-order valence-electron chi connectivity index (χ4n) is 8.14. The van der Waals surface area contributed by atoms with Crippen LogP contribution in [0.3, 0.4) is 0 Å². The van der Waals surface area contributed by atoms with Gasteiger partial charge in [-0.15, -0.1) is 0 Å². The molecule has 0 N–H and O–H groups in total. The smallest absolute Gasteiger partial charge is 0.164 e. The van der Waals surface area contributed by atoms with Gasteiger partial charge in [-0.1, -0.05) is 158 Å². The van der Waals surface area contributed by atoms with E-state index in [2.05, 4.69) is 146 Å². The molecule has 4 nitrogen and oxygen atoms in total. The predicted molar refractivity (Wildman–Crippen MR) is 227 cm³/mol. The summed E-state index contributed by atoms with van der Waals surface area (Å²) in [6.07, 6.45) is 0. The molecule has 0 aliphatic heterocycles. The molecule has 0 aliphatic rings. The molecule has 11 rings (SSSR count). The molecular formula is C51H31N3O. The van der Waals surface area contributed by atoms with E-state index in [0.29, 0.717) is 17.5 Å². The molecule has 0 atom stereocenters. The standard InChI is InChI=1S/C51H31N3O/c1-4-16-32(17-5-1)35-28-36(33-18-6-2-7-19-33)30-37(29-35)50-52-49(34-20-8-3-9-21-34)53-51(54-50)44-31-43-40-24-11-10-22-38(40)39-23-12-13-25-41(39)46(43)48-47(44)42-26-14-15-27-45(42)55-48/h1-31H. The van der Waals surface area contributed by atoms with E-state index in [-0.39, 0.29) is 0 Å². The predicted octanol–water partition coefficient (Wildman–Crippen LogP) is 13.6. The van der Waals surface area contributed by atoms with Crippen molar-refractivity contribution in [1.29, 1.82) is 0 Å². The highest BCUT2D eigenvalue weighted by atomic mass is 16.3. The minimum absolute atomic E-state index is 0.589. The first kappa shape index (κ1) is 31.1. The Morgan fingerprint density at radius 3 is 1.35 bits per heavy atom. The van der Waals surface area contributed by atoms with Crippen LogP contribution in [-0.2, 0) is 0 Å². The van der Waals surface area contributed by atoms with E-state index in [1.165, 1.54) is 10.8 Å². The molecule has 0 aliphatic carbocycles. The number of para-hydroxylation sites is 1. The van der Waals surface area contributed by atoms with Crippen LogP contribution < -0.4 is 0 Å². The lowest BCUT2D eigenvalue weighted by atomic mass is 9.91. The van der Waals surface area contributed by atoms with Crippen molar-refractivity contribution in [3.05, 3.63) is 188 Å². The van der Waals surface area contributed by atoms with Crippen LogP contribution in [-0.4, -0.2) is 15.0 Å². The summed E-state index contributed by atoms with van der Waals surface area (Å²) in [7, 11) is 0. The molecule has 0 amide bonds. The normalized spacial score (nSPS) is 11.6. The van der Waals surface area contributed by atoms with Gasteiger partial charge in [0, 0.05) is 32.8 Å². The molecule has 0 saturated heterocycles. The van der Waals surface area contributed by atoms with E-state index in [0.717, 1.165) is 82.4 Å². The lowest BCUT2D eigenvalue weighted by Gasteiger charge is -2.15. The fraction of sp³-hybridized carbons (Fsp3) is 0. The van der Waals surface area contributed by atoms with Gasteiger partial charge >= 0.3 is 0 Å². The number of hydrogen-bond donors (Lipinski definition) is 0. The van der Waals surface area contributed by atoms with Gasteiger partial charge in [-0.05, 0) is 79.5 Å². The van der Waals surface area contributed by atoms with Crippen molar-refractivity contribution in [1.82, 2.24) is 15.0 Å². The highest BCUT2D eigenvalue weighted by Crippen LogP contribution is 2.46. The second-order valence-electron chi connectivity index (χ2n) is 13.9. The number of aromatic nitrogens is 3. The maximum absolute atomic E-state index is 6.87. The molecule has 0 spiro atoms. The van der Waals surface area contributed by atoms with E-state index >= 15 is 0 Å². The Balaban J connectivity index is 1.26. The number of fused-ring (bicyclic) bond motifs is 10. The SMILES string of the molecule is c1ccc(-c2cc(-c3ccccc3)cc(-c3nc(-c4ccccc4)nc(-c4cc5c6ccccc6c6ccccc6c5c5oc6ccccc6c45)n3)c2)cc1. The van der Waals surface area contributed by atoms with E-state index in [9.17, 15) is 0 Å². The van der Waals surface area contributed by atoms with Gasteiger partial charge in [0.05, 0.1) is 0 Å². The van der Waals surface area contributed by atoms with E-state index in [1.54, 1.807) is 0 Å². The van der Waals surface area contributed by atoms with Gasteiger partial charge in [-0.2, -0.15) is 0 Å². The quantitative estimate of drug-likeness (QED) is 0.168. The Hall–Kier alpha value is -7.43. The summed E-state index contributed by atoms with van der Waals surface area (Å²) in [5, 5.41) is 8.89. The summed E-state index contributed by atoms with van der Waals surface area (Å²) in [4.78, 5) is 15.9. The van der Waals surface area contributed by atoms with E-state index < -0.39 is 0 Å². The van der Waals surface area contributed by atoms with Gasteiger partial charge < -0.3 is 4.42 Å². The first-order chi connectivity index (χ1) is 27.3. The summed E-state index contributed by atoms with van der Waals surface area (Å²) in [6.45, 7) is 0. The molecule has 0 radical (unpaired) electrons. The summed E-state index contributed by atoms with van der Waals surface area (Å²) in [6, 6.07) is 65.6. The third-order valence-corrected chi connectivity index (χ3v) is 10.7. The van der Waals surface area contributed by atoms with Crippen molar-refractivity contribution < 1.29 is 4.42 Å². The first-order valence-corrected chi connectivity index (χ1v) is 18.5. The van der Waals surface area contributed by atoms with Crippen LogP contribution in [0.15, 0.2) is 192 Å². The van der Waals surface area contributed by atoms with Gasteiger partial charge in [0.2, 0.25) is 0 Å². The van der Waals surface area contributed by atoms with Crippen LogP contribution in [0.25, 0.3) is 111 Å². The second kappa shape index (κ2) is 12.6. The average Bonchev–Trinajstić information content (AvgIpc) is 3.66. The molecule has 4 heteroatoms. The van der Waals surface area contributed by atoms with Crippen LogP contribution >= 0.6 is 0 Å². The van der Waals surface area contributed by atoms with Crippen LogP contribution in [0.5, 0.6) is 0 Å². The first-order valence-electron chi connectivity index (χ1n) is 18.5. The Bertz CT molecular complexity index is 3190. The fourth-order valence-corrected chi connectivity index (χ4v) is 8.14. The molecule has 2 heterocycles. The number of furan rings is 1. The van der Waals surface area contributed by atoms with Crippen molar-refractivity contribution in [2.75, 3.05) is 0 Å². The Kier molecular flexibility index (Phi) is 7.14. The van der Waals surface area contributed by atoms with Crippen molar-refractivity contribution in [3.8, 4) is 56.4 Å². The largest absolute Gasteiger partial charge is 0.455 e. The minimum Gasteiger partial charge on any atom is -0.455 e. The minimum atomic E-state index is 0.589. The third kappa shape index (κ3) is 5.19. The molecule has 0 bridgehead atoms. The number of benzene rings is 9. The zero-order chi connectivity index (χ0) is 36.3. The highest BCUT2D eigenvalue weighted by Gasteiger charge is 2.23. The number of rotatable bonds is 5. The maximum Gasteiger partial charge on any atom is 0.164 e. The van der Waals surface area contributed by atoms with Crippen molar-refractivity contribution in [2.24, 2.45) is 0 Å². The zero-order valence-corrected chi connectivity index (χ0v) is 29.6. The van der Waals surface area contributed by atoms with Crippen molar-refractivity contribution >= 4 is 54.3 Å². The average molecular weight is 702 g/mol. The maximum atomic E-state index is 6.87. The second-order valence-corrected chi connectivity index (χ2v) is 13.9. The Labute approximate surface area is 317 Å². The molecule has 9 aromatic carbocycles. The van der Waals surface area contributed by atoms with Crippen molar-refractivity contribution in [2.45, 2.75) is 0 Å². The van der Waals surface area contributed by atoms with Crippen LogP contribution in [0.2, 0.25) is 0 Å². The molecule has 11 aromatic rings. The number of nitrogens with zero attached hydrogens (tertiary/aromatic N) is 3. The molecule has 0 saturated carbocycles. The number of hydrogen-bond acceptors (Lipinski definition) is 4. The topological polar surface area (TPSA) is 51.8 Å². The molecular weight excluding hydrogens is 671 g/mol. The van der Waals surface area contributed by atoms with Crippen LogP contribution in [0.4, 0.5) is 0 Å². The van der Waals surface area contributed by atoms with Gasteiger partial charge in [-0.25, -0.2) is 15.0 Å². The summed E-state index contributed by atoms with van der Waals surface area (Å²) in [5.74, 6) is 1.80. The molecule has 0 fully saturated rings. The summed E-state index contributed by atoms with van der Waals surface area (Å²) >= 11 is 0. The Morgan fingerprint density at radius 1 is 0.291 bits per heavy atom. The Morgan fingerprint density at radius 2 is 0.727 bits per heavy atom. The summed E-state index contributed by atoms with van der Waals surface area (Å²) < 4.78 is 6.87. The van der Waals surface area contributed by atoms with E-state index in [4.69, 9.17) is 19.4 Å². The van der Waals surface area contributed by atoms with Gasteiger partial charge in [0.15, 0.2) is 17.5 Å². The van der Waals surface area contributed by atoms with Gasteiger partial charge in [0.25, 0.3) is 0 Å². The monoisotopic (exact) mass is 701 g/mol. The summed E-state index contributed by atoms with van der Waals surface area (Å²) in [5.41, 5.74) is 8.81. The van der Waals surface area contributed by atoms with Crippen LogP contribution in [0.1, 0.15) is 0 Å². The molecule has 256 valence electrons. The van der Waals surface area contributed by atoms with Gasteiger partial charge in [-0.3, -0.25) is 0 Å². The third-order valence-electron chi connectivity index (χ3n) is 10.7. The van der Waals surface area contributed by atoms with Crippen molar-refractivity contribution in [3.63, 3.8) is 0 Å². The van der Waals surface area contributed by atoms with E-state index in [1.807, 2.05) is 42.5 Å². The molecule has 55 heavy (non-hydrogen) atoms. The zero-order valence-electron chi connectivity index (χ0n) is 29.6. The van der Waals surface area contributed by atoms with Crippen LogP contribution in [0, 0.1) is 0 Å². The highest BCUT2D eigenvalue weighted by molar-refractivity contribution is 6.34. The molecule has 2 aromatic heterocycles. The van der Waals surface area contributed by atoms with Gasteiger partial charge in [0.1, 0.15) is 11.2 Å². The molecule has 0 unspecified atom stereocenters. The lowest BCUT2D eigenvalue weighted by Crippen LogP contribution is -2.01. The lowest BCUT2D eigenvalue weighted by molar-refractivity contribution is 0.673.